The molecule has 0 fully saturated rings. The molecule has 9 heteroatoms. The minimum Gasteiger partial charge on any atom is -1.00 e. The van der Waals surface area contributed by atoms with E-state index in [0.717, 1.165) is 10.6 Å². The van der Waals surface area contributed by atoms with Crippen molar-refractivity contribution >= 4 is 23.4 Å². The van der Waals surface area contributed by atoms with Crippen LogP contribution in [-0.2, 0) is 20.9 Å². The van der Waals surface area contributed by atoms with Gasteiger partial charge in [0, 0.05) is 17.7 Å². The number of rotatable bonds is 5. The predicted molar refractivity (Wildman–Crippen MR) is 70.6 cm³/mol. The minimum atomic E-state index is -0.477. The van der Waals surface area contributed by atoms with Gasteiger partial charge in [-0.25, -0.2) is 4.98 Å². The van der Waals surface area contributed by atoms with Gasteiger partial charge in [-0.15, -0.1) is 0 Å². The first kappa shape index (κ1) is 17.2. The molecule has 0 aliphatic carbocycles. The fourth-order valence-electron chi connectivity index (χ4n) is 1.47. The topological polar surface area (TPSA) is 85.1 Å². The molecule has 0 aromatic carbocycles. The van der Waals surface area contributed by atoms with E-state index in [1.807, 2.05) is 12.1 Å². The number of hydrogen-bond acceptors (Lipinski definition) is 6. The predicted octanol–water partition coefficient (Wildman–Crippen LogP) is -3.21. The van der Waals surface area contributed by atoms with Crippen LogP contribution in [0.5, 0.6) is 0 Å². The minimum absolute atomic E-state index is 0. The summed E-state index contributed by atoms with van der Waals surface area (Å²) in [6, 6.07) is 3.71. The van der Waals surface area contributed by atoms with Crippen molar-refractivity contribution in [2.45, 2.75) is 6.54 Å². The number of pyridine rings is 1. The molecule has 0 spiro atoms. The van der Waals surface area contributed by atoms with Gasteiger partial charge in [-0.05, 0) is 11.5 Å². The smallest absolute Gasteiger partial charge is 0.325 e. The molecule has 0 unspecified atom stereocenters. The number of ether oxygens (including phenoxy) is 1. The SMILES string of the molecule is COC(=O)CNC(=O)C[n+]1ccc(-c2ncns2)cc1.[Br-]. The van der Waals surface area contributed by atoms with E-state index in [9.17, 15) is 9.59 Å². The van der Waals surface area contributed by atoms with Crippen molar-refractivity contribution in [1.29, 1.82) is 0 Å². The number of nitrogens with one attached hydrogen (secondary N) is 1. The van der Waals surface area contributed by atoms with E-state index in [4.69, 9.17) is 0 Å². The molecule has 0 atom stereocenters. The molecular weight excluding hydrogens is 360 g/mol. The Labute approximate surface area is 135 Å². The first-order valence-electron chi connectivity index (χ1n) is 5.78. The molecule has 2 aromatic heterocycles. The second kappa shape index (κ2) is 8.42. The molecule has 7 nitrogen and oxygen atoms in total. The second-order valence-corrected chi connectivity index (χ2v) is 4.64. The summed E-state index contributed by atoms with van der Waals surface area (Å²) in [5.41, 5.74) is 0.943. The van der Waals surface area contributed by atoms with Gasteiger partial charge < -0.3 is 27.0 Å². The average Bonchev–Trinajstić information content (AvgIpc) is 2.99. The van der Waals surface area contributed by atoms with E-state index in [-0.39, 0.29) is 36.0 Å². The van der Waals surface area contributed by atoms with Crippen LogP contribution in [0.2, 0.25) is 0 Å². The van der Waals surface area contributed by atoms with E-state index in [1.165, 1.54) is 25.0 Å². The molecule has 0 bridgehead atoms. The normalized spacial score (nSPS) is 9.57. The second-order valence-electron chi connectivity index (χ2n) is 3.86. The van der Waals surface area contributed by atoms with Crippen molar-refractivity contribution in [2.24, 2.45) is 0 Å². The molecule has 2 heterocycles. The summed E-state index contributed by atoms with van der Waals surface area (Å²) in [6.07, 6.45) is 5.05. The number of carbonyl (C=O) groups excluding carboxylic acids is 2. The molecule has 0 aliphatic rings. The summed E-state index contributed by atoms with van der Waals surface area (Å²) >= 11 is 1.31. The highest BCUT2D eigenvalue weighted by molar-refractivity contribution is 7.09. The molecule has 0 saturated carbocycles. The number of amides is 1. The van der Waals surface area contributed by atoms with Crippen LogP contribution in [0.3, 0.4) is 0 Å². The summed E-state index contributed by atoms with van der Waals surface area (Å²) in [4.78, 5) is 26.6. The molecular formula is C12H13BrN4O3S. The van der Waals surface area contributed by atoms with E-state index < -0.39 is 5.97 Å². The van der Waals surface area contributed by atoms with Crippen molar-refractivity contribution in [3.63, 3.8) is 0 Å². The Morgan fingerprint density at radius 1 is 1.38 bits per heavy atom. The van der Waals surface area contributed by atoms with Gasteiger partial charge in [-0.1, -0.05) is 0 Å². The Morgan fingerprint density at radius 3 is 2.67 bits per heavy atom. The maximum atomic E-state index is 11.6. The summed E-state index contributed by atoms with van der Waals surface area (Å²) in [5.74, 6) is -0.737. The highest BCUT2D eigenvalue weighted by atomic mass is 79.9. The molecule has 0 aliphatic heterocycles. The number of carbonyl (C=O) groups is 2. The third kappa shape index (κ3) is 5.20. The van der Waals surface area contributed by atoms with Gasteiger partial charge in [-0.3, -0.25) is 9.59 Å². The van der Waals surface area contributed by atoms with Crippen LogP contribution in [0.25, 0.3) is 10.6 Å². The van der Waals surface area contributed by atoms with Crippen LogP contribution >= 0.6 is 11.5 Å². The van der Waals surface area contributed by atoms with Gasteiger partial charge in [-0.2, -0.15) is 8.94 Å². The number of halogens is 1. The fraction of sp³-hybridized carbons (Fsp3) is 0.250. The summed E-state index contributed by atoms with van der Waals surface area (Å²) in [6.45, 7) is 0.00611. The Hall–Kier alpha value is -1.87. The van der Waals surface area contributed by atoms with Crippen LogP contribution in [0.1, 0.15) is 0 Å². The number of aromatic nitrogens is 3. The molecule has 1 amide bonds. The van der Waals surface area contributed by atoms with E-state index in [2.05, 4.69) is 19.4 Å². The van der Waals surface area contributed by atoms with Gasteiger partial charge in [0.05, 0.1) is 7.11 Å². The van der Waals surface area contributed by atoms with Crippen molar-refractivity contribution < 1.29 is 35.9 Å². The van der Waals surface area contributed by atoms with Crippen LogP contribution in [-0.4, -0.2) is 34.9 Å². The Morgan fingerprint density at radius 2 is 2.10 bits per heavy atom. The maximum absolute atomic E-state index is 11.6. The summed E-state index contributed by atoms with van der Waals surface area (Å²) < 4.78 is 10.1. The Kier molecular flexibility index (Phi) is 6.89. The zero-order valence-electron chi connectivity index (χ0n) is 11.2. The molecule has 0 radical (unpaired) electrons. The zero-order valence-corrected chi connectivity index (χ0v) is 13.6. The standard InChI is InChI=1S/C12H12N4O3S.BrH/c1-19-11(18)6-13-10(17)7-16-4-2-9(3-5-16)12-14-8-15-20-12;/h2-5,8H,6-7H2,1H3;1H. The van der Waals surface area contributed by atoms with Crippen molar-refractivity contribution in [3.8, 4) is 10.6 Å². The average molecular weight is 373 g/mol. The van der Waals surface area contributed by atoms with Gasteiger partial charge in [0.15, 0.2) is 12.4 Å². The number of esters is 1. The third-order valence-corrected chi connectivity index (χ3v) is 3.20. The molecule has 2 aromatic rings. The lowest BCUT2D eigenvalue weighted by Crippen LogP contribution is -3.00. The lowest BCUT2D eigenvalue weighted by atomic mass is 10.3. The quantitative estimate of drug-likeness (QED) is 0.441. The summed E-state index contributed by atoms with van der Waals surface area (Å²) in [5, 5.41) is 3.30. The number of methoxy groups -OCH3 is 1. The van der Waals surface area contributed by atoms with E-state index in [0.29, 0.717) is 0 Å². The highest BCUT2D eigenvalue weighted by Gasteiger charge is 2.11. The molecule has 2 rings (SSSR count). The highest BCUT2D eigenvalue weighted by Crippen LogP contribution is 2.17. The first-order valence-corrected chi connectivity index (χ1v) is 6.56. The lowest BCUT2D eigenvalue weighted by molar-refractivity contribution is -0.684. The van der Waals surface area contributed by atoms with Crippen molar-refractivity contribution in [1.82, 2.24) is 14.7 Å². The van der Waals surface area contributed by atoms with Crippen LogP contribution in [0.15, 0.2) is 30.9 Å². The van der Waals surface area contributed by atoms with E-state index >= 15 is 0 Å². The Balaban J connectivity index is 0.00000220. The van der Waals surface area contributed by atoms with Gasteiger partial charge in [0.2, 0.25) is 6.54 Å². The van der Waals surface area contributed by atoms with Crippen LogP contribution in [0.4, 0.5) is 0 Å². The van der Waals surface area contributed by atoms with Gasteiger partial charge in [0.1, 0.15) is 17.9 Å². The van der Waals surface area contributed by atoms with Crippen LogP contribution in [0, 0.1) is 0 Å². The zero-order chi connectivity index (χ0) is 14.4. The molecule has 0 saturated heterocycles. The molecule has 1 N–H and O–H groups in total. The fourth-order valence-corrected chi connectivity index (χ4v) is 2.00. The van der Waals surface area contributed by atoms with Crippen molar-refractivity contribution in [2.75, 3.05) is 13.7 Å². The van der Waals surface area contributed by atoms with E-state index in [1.54, 1.807) is 17.0 Å². The molecule has 112 valence electrons. The lowest BCUT2D eigenvalue weighted by Gasteiger charge is -2.01. The Bertz CT molecular complexity index is 589. The summed E-state index contributed by atoms with van der Waals surface area (Å²) in [7, 11) is 1.27. The number of nitrogens with zero attached hydrogens (tertiary/aromatic N) is 3. The van der Waals surface area contributed by atoms with Gasteiger partial charge >= 0.3 is 5.97 Å². The van der Waals surface area contributed by atoms with Crippen molar-refractivity contribution in [3.05, 3.63) is 30.9 Å². The van der Waals surface area contributed by atoms with Gasteiger partial charge in [0.25, 0.3) is 5.91 Å². The maximum Gasteiger partial charge on any atom is 0.325 e. The third-order valence-electron chi connectivity index (χ3n) is 2.48. The van der Waals surface area contributed by atoms with Crippen LogP contribution < -0.4 is 26.9 Å². The monoisotopic (exact) mass is 372 g/mol. The number of hydrogen-bond donors (Lipinski definition) is 1. The first-order chi connectivity index (χ1) is 9.69. The molecule has 21 heavy (non-hydrogen) atoms. The largest absolute Gasteiger partial charge is 1.00 e.